The molecule has 0 amide bonds. The van der Waals surface area contributed by atoms with Gasteiger partial charge in [-0.25, -0.2) is 14.2 Å². The van der Waals surface area contributed by atoms with Crippen molar-refractivity contribution in [3.8, 4) is 0 Å². The van der Waals surface area contributed by atoms with E-state index in [1.54, 1.807) is 12.1 Å². The molecule has 96 valence electrons. The molecular weight excluding hydrogens is 238 g/mol. The number of hydrogen-bond acceptors (Lipinski definition) is 3. The van der Waals surface area contributed by atoms with Crippen LogP contribution in [0.15, 0.2) is 34.7 Å². The van der Waals surface area contributed by atoms with Crippen molar-refractivity contribution in [2.75, 3.05) is 0 Å². The molecule has 0 saturated carbocycles. The van der Waals surface area contributed by atoms with Crippen molar-refractivity contribution in [1.29, 1.82) is 0 Å². The normalized spacial score (nSPS) is 12.7. The van der Waals surface area contributed by atoms with Crippen LogP contribution in [0.5, 0.6) is 0 Å². The third-order valence-electron chi connectivity index (χ3n) is 2.76. The molecule has 0 aliphatic rings. The van der Waals surface area contributed by atoms with Crippen molar-refractivity contribution in [3.05, 3.63) is 59.1 Å². The molecule has 0 aliphatic heterocycles. The van der Waals surface area contributed by atoms with Gasteiger partial charge in [-0.15, -0.1) is 0 Å². The summed E-state index contributed by atoms with van der Waals surface area (Å²) in [7, 11) is 0. The summed E-state index contributed by atoms with van der Waals surface area (Å²) in [5.41, 5.74) is 2.72. The molecule has 1 heterocycles. The van der Waals surface area contributed by atoms with Gasteiger partial charge in [-0.05, 0) is 18.2 Å². The van der Waals surface area contributed by atoms with E-state index in [0.717, 1.165) is 18.2 Å². The Balaban J connectivity index is 2.38. The van der Waals surface area contributed by atoms with Gasteiger partial charge < -0.3 is 4.42 Å². The van der Waals surface area contributed by atoms with Gasteiger partial charge in [-0.1, -0.05) is 13.0 Å². The smallest absolute Gasteiger partial charge is 0.131 e. The van der Waals surface area contributed by atoms with Gasteiger partial charge in [0.05, 0.1) is 0 Å². The predicted octanol–water partition coefficient (Wildman–Crippen LogP) is 2.67. The minimum Gasteiger partial charge on any atom is -0.464 e. The number of furan rings is 1. The summed E-state index contributed by atoms with van der Waals surface area (Å²) in [6, 6.07) is 6.26. The Labute approximate surface area is 104 Å². The van der Waals surface area contributed by atoms with Crippen LogP contribution in [0.2, 0.25) is 0 Å². The molecule has 0 bridgehead atoms. The second kappa shape index (κ2) is 5.29. The third kappa shape index (κ3) is 2.42. The van der Waals surface area contributed by atoms with Gasteiger partial charge >= 0.3 is 0 Å². The first-order valence-corrected chi connectivity index (χ1v) is 5.65. The van der Waals surface area contributed by atoms with E-state index in [9.17, 15) is 8.78 Å². The number of rotatable bonds is 4. The van der Waals surface area contributed by atoms with E-state index < -0.39 is 17.7 Å². The molecule has 1 aromatic heterocycles. The van der Waals surface area contributed by atoms with Crippen molar-refractivity contribution < 1.29 is 13.2 Å². The highest BCUT2D eigenvalue weighted by Crippen LogP contribution is 2.26. The fourth-order valence-electron chi connectivity index (χ4n) is 1.80. The van der Waals surface area contributed by atoms with Crippen molar-refractivity contribution in [3.63, 3.8) is 0 Å². The summed E-state index contributed by atoms with van der Waals surface area (Å²) in [6.45, 7) is 1.95. The Morgan fingerprint density at radius 3 is 2.61 bits per heavy atom. The lowest BCUT2D eigenvalue weighted by Gasteiger charge is -2.14. The van der Waals surface area contributed by atoms with Crippen LogP contribution in [0.1, 0.15) is 30.0 Å². The predicted molar refractivity (Wildman–Crippen MR) is 63.6 cm³/mol. The molecule has 3 nitrogen and oxygen atoms in total. The van der Waals surface area contributed by atoms with E-state index in [1.165, 1.54) is 12.1 Å². The molecule has 5 heteroatoms. The van der Waals surface area contributed by atoms with Crippen LogP contribution in [0.25, 0.3) is 0 Å². The van der Waals surface area contributed by atoms with Crippen LogP contribution < -0.4 is 11.3 Å². The molecular formula is C13H14F2N2O. The van der Waals surface area contributed by atoms with E-state index in [1.807, 2.05) is 6.92 Å². The number of nitrogens with one attached hydrogen (secondary N) is 1. The first-order valence-electron chi connectivity index (χ1n) is 5.65. The fraction of sp³-hybridized carbons (Fsp3) is 0.231. The van der Waals surface area contributed by atoms with E-state index >= 15 is 0 Å². The maximum absolute atomic E-state index is 13.7. The largest absolute Gasteiger partial charge is 0.464 e. The Morgan fingerprint density at radius 1 is 1.28 bits per heavy atom. The van der Waals surface area contributed by atoms with Gasteiger partial charge in [0.15, 0.2) is 0 Å². The number of hydrazine groups is 1. The second-order valence-corrected chi connectivity index (χ2v) is 3.92. The lowest BCUT2D eigenvalue weighted by molar-refractivity contribution is 0.417. The van der Waals surface area contributed by atoms with Crippen molar-refractivity contribution in [1.82, 2.24) is 5.43 Å². The number of nitrogens with two attached hydrogens (primary N) is 1. The van der Waals surface area contributed by atoms with Crippen molar-refractivity contribution in [2.45, 2.75) is 19.4 Å². The third-order valence-corrected chi connectivity index (χ3v) is 2.76. The van der Waals surface area contributed by atoms with Crippen LogP contribution in [0.4, 0.5) is 8.78 Å². The lowest BCUT2D eigenvalue weighted by Crippen LogP contribution is -2.29. The molecule has 0 saturated heterocycles. The van der Waals surface area contributed by atoms with Crippen LogP contribution in [0.3, 0.4) is 0 Å². The maximum Gasteiger partial charge on any atom is 0.131 e. The van der Waals surface area contributed by atoms with Gasteiger partial charge in [0.1, 0.15) is 29.2 Å². The summed E-state index contributed by atoms with van der Waals surface area (Å²) in [4.78, 5) is 0. The monoisotopic (exact) mass is 252 g/mol. The Hall–Kier alpha value is -1.72. The topological polar surface area (TPSA) is 51.2 Å². The summed E-state index contributed by atoms with van der Waals surface area (Å²) in [5, 5.41) is 0. The highest BCUT2D eigenvalue weighted by molar-refractivity contribution is 5.29. The second-order valence-electron chi connectivity index (χ2n) is 3.92. The van der Waals surface area contributed by atoms with Crippen LogP contribution in [-0.4, -0.2) is 0 Å². The molecule has 2 aromatic rings. The highest BCUT2D eigenvalue weighted by atomic mass is 19.1. The minimum atomic E-state index is -0.660. The highest BCUT2D eigenvalue weighted by Gasteiger charge is 2.20. The summed E-state index contributed by atoms with van der Waals surface area (Å²) < 4.78 is 32.1. The van der Waals surface area contributed by atoms with E-state index in [2.05, 4.69) is 5.43 Å². The van der Waals surface area contributed by atoms with Crippen molar-refractivity contribution in [2.24, 2.45) is 5.84 Å². The van der Waals surface area contributed by atoms with Gasteiger partial charge in [-0.2, -0.15) is 0 Å². The molecule has 0 fully saturated rings. The number of benzene rings is 1. The molecule has 0 aliphatic carbocycles. The molecule has 0 spiro atoms. The maximum atomic E-state index is 13.7. The average molecular weight is 252 g/mol. The molecule has 1 atom stereocenters. The average Bonchev–Trinajstić information content (AvgIpc) is 2.81. The van der Waals surface area contributed by atoms with E-state index in [4.69, 9.17) is 10.3 Å². The van der Waals surface area contributed by atoms with Gasteiger partial charge in [0, 0.05) is 18.1 Å². The minimum absolute atomic E-state index is 0.246. The molecule has 3 N–H and O–H groups in total. The number of halogens is 2. The zero-order valence-electron chi connectivity index (χ0n) is 9.91. The Morgan fingerprint density at radius 2 is 2.06 bits per heavy atom. The van der Waals surface area contributed by atoms with E-state index in [-0.39, 0.29) is 5.56 Å². The summed E-state index contributed by atoms with van der Waals surface area (Å²) in [5.74, 6) is 5.42. The Kier molecular flexibility index (Phi) is 3.74. The molecule has 2 rings (SSSR count). The Bertz CT molecular complexity index is 540. The molecule has 1 unspecified atom stereocenters. The van der Waals surface area contributed by atoms with Crippen LogP contribution in [-0.2, 0) is 6.42 Å². The quantitative estimate of drug-likeness (QED) is 0.649. The summed E-state index contributed by atoms with van der Waals surface area (Å²) in [6.07, 6.45) is 0.739. The first kappa shape index (κ1) is 12.7. The first-order chi connectivity index (χ1) is 8.65. The van der Waals surface area contributed by atoms with Gasteiger partial charge in [0.2, 0.25) is 0 Å². The number of aryl methyl sites for hydroxylation is 1. The zero-order valence-corrected chi connectivity index (χ0v) is 9.91. The molecule has 0 radical (unpaired) electrons. The van der Waals surface area contributed by atoms with Crippen LogP contribution in [0, 0.1) is 11.6 Å². The van der Waals surface area contributed by atoms with Gasteiger partial charge in [-0.3, -0.25) is 5.84 Å². The van der Waals surface area contributed by atoms with E-state index in [0.29, 0.717) is 5.76 Å². The molecule has 1 aromatic carbocycles. The lowest BCUT2D eigenvalue weighted by atomic mass is 10.0. The summed E-state index contributed by atoms with van der Waals surface area (Å²) >= 11 is 0. The van der Waals surface area contributed by atoms with Gasteiger partial charge in [0.25, 0.3) is 0 Å². The van der Waals surface area contributed by atoms with Crippen molar-refractivity contribution >= 4 is 0 Å². The fourth-order valence-corrected chi connectivity index (χ4v) is 1.80. The standard InChI is InChI=1S/C13H14F2N2O/c1-2-9-4-6-12(18-9)13(17-16)10-5-3-8(14)7-11(10)15/h3-7,13,17H,2,16H2,1H3. The zero-order chi connectivity index (χ0) is 13.1. The SMILES string of the molecule is CCc1ccc(C(NN)c2ccc(F)cc2F)o1. The van der Waals surface area contributed by atoms with Crippen LogP contribution >= 0.6 is 0 Å². The molecule has 18 heavy (non-hydrogen) atoms. The number of hydrogen-bond donors (Lipinski definition) is 2.